The highest BCUT2D eigenvalue weighted by molar-refractivity contribution is 8.08. The first-order valence-corrected chi connectivity index (χ1v) is 8.94. The Labute approximate surface area is 138 Å². The lowest BCUT2D eigenvalue weighted by molar-refractivity contribution is 0.252. The second kappa shape index (κ2) is 8.21. The van der Waals surface area contributed by atoms with Gasteiger partial charge in [-0.3, -0.25) is 4.90 Å². The third-order valence-electron chi connectivity index (χ3n) is 4.01. The van der Waals surface area contributed by atoms with E-state index in [1.165, 1.54) is 47.7 Å². The van der Waals surface area contributed by atoms with Crippen LogP contribution in [-0.2, 0) is 0 Å². The Kier molecular flexibility index (Phi) is 5.74. The van der Waals surface area contributed by atoms with Gasteiger partial charge in [-0.05, 0) is 43.6 Å². The number of thioether (sulfide) groups is 1. The van der Waals surface area contributed by atoms with Gasteiger partial charge in [0.05, 0.1) is 0 Å². The topological polar surface area (TPSA) is 3.24 Å². The molecule has 2 heteroatoms. The molecule has 114 valence electrons. The van der Waals surface area contributed by atoms with Crippen molar-refractivity contribution < 1.29 is 0 Å². The van der Waals surface area contributed by atoms with Crippen LogP contribution in [0.3, 0.4) is 0 Å². The van der Waals surface area contributed by atoms with Crippen LogP contribution in [0.25, 0.3) is 4.91 Å². The van der Waals surface area contributed by atoms with E-state index in [9.17, 15) is 0 Å². The van der Waals surface area contributed by atoms with Gasteiger partial charge in [-0.1, -0.05) is 72.8 Å². The highest BCUT2D eigenvalue weighted by Crippen LogP contribution is 2.34. The lowest BCUT2D eigenvalue weighted by Gasteiger charge is -2.25. The van der Waals surface area contributed by atoms with Crippen LogP contribution in [-0.4, -0.2) is 24.5 Å². The SMILES string of the molecule is C(/CN1CCCCC1)=C(/Sc1ccccc1)c1ccccc1. The van der Waals surface area contributed by atoms with Crippen molar-refractivity contribution >= 4 is 16.7 Å². The van der Waals surface area contributed by atoms with Gasteiger partial charge in [-0.15, -0.1) is 0 Å². The van der Waals surface area contributed by atoms with E-state index in [0.29, 0.717) is 0 Å². The molecule has 0 unspecified atom stereocenters. The summed E-state index contributed by atoms with van der Waals surface area (Å²) >= 11 is 1.86. The molecule has 22 heavy (non-hydrogen) atoms. The Bertz CT molecular complexity index is 586. The summed E-state index contributed by atoms with van der Waals surface area (Å²) in [5.74, 6) is 0. The maximum atomic E-state index is 2.57. The molecular formula is C20H23NS. The van der Waals surface area contributed by atoms with Crippen molar-refractivity contribution in [2.75, 3.05) is 19.6 Å². The quantitative estimate of drug-likeness (QED) is 0.689. The Hall–Kier alpha value is -1.51. The first-order chi connectivity index (χ1) is 10.9. The molecule has 2 aromatic carbocycles. The molecule has 1 fully saturated rings. The molecule has 1 nitrogen and oxygen atoms in total. The molecule has 0 amide bonds. The molecule has 0 saturated carbocycles. The maximum Gasteiger partial charge on any atom is 0.0177 e. The van der Waals surface area contributed by atoms with Crippen LogP contribution in [0.15, 0.2) is 71.6 Å². The van der Waals surface area contributed by atoms with Gasteiger partial charge in [0.1, 0.15) is 0 Å². The third-order valence-corrected chi connectivity index (χ3v) is 5.14. The zero-order valence-electron chi connectivity index (χ0n) is 12.9. The van der Waals surface area contributed by atoms with Crippen molar-refractivity contribution in [3.8, 4) is 0 Å². The van der Waals surface area contributed by atoms with E-state index in [1.54, 1.807) is 0 Å². The van der Waals surface area contributed by atoms with E-state index in [2.05, 4.69) is 71.6 Å². The van der Waals surface area contributed by atoms with Crippen molar-refractivity contribution in [2.24, 2.45) is 0 Å². The first kappa shape index (κ1) is 15.4. The smallest absolute Gasteiger partial charge is 0.0177 e. The van der Waals surface area contributed by atoms with Gasteiger partial charge in [-0.2, -0.15) is 0 Å². The van der Waals surface area contributed by atoms with E-state index >= 15 is 0 Å². The zero-order chi connectivity index (χ0) is 15.0. The van der Waals surface area contributed by atoms with Crippen molar-refractivity contribution in [1.82, 2.24) is 4.90 Å². The minimum atomic E-state index is 1.06. The van der Waals surface area contributed by atoms with Gasteiger partial charge in [0.15, 0.2) is 0 Å². The predicted octanol–water partition coefficient (Wildman–Crippen LogP) is 5.31. The summed E-state index contributed by atoms with van der Waals surface area (Å²) < 4.78 is 0. The molecule has 0 radical (unpaired) electrons. The lowest BCUT2D eigenvalue weighted by atomic mass is 10.1. The first-order valence-electron chi connectivity index (χ1n) is 8.13. The molecule has 0 spiro atoms. The Morgan fingerprint density at radius 2 is 1.50 bits per heavy atom. The number of benzene rings is 2. The van der Waals surface area contributed by atoms with Crippen LogP contribution in [0.4, 0.5) is 0 Å². The van der Waals surface area contributed by atoms with Crippen LogP contribution < -0.4 is 0 Å². The summed E-state index contributed by atoms with van der Waals surface area (Å²) in [7, 11) is 0. The van der Waals surface area contributed by atoms with E-state index in [0.717, 1.165) is 6.54 Å². The monoisotopic (exact) mass is 309 g/mol. The van der Waals surface area contributed by atoms with Crippen molar-refractivity contribution in [1.29, 1.82) is 0 Å². The number of rotatable bonds is 5. The van der Waals surface area contributed by atoms with Crippen LogP contribution in [0.1, 0.15) is 24.8 Å². The number of hydrogen-bond donors (Lipinski definition) is 0. The molecule has 1 aliphatic rings. The molecule has 0 aromatic heterocycles. The minimum absolute atomic E-state index is 1.06. The standard InChI is InChI=1S/C20H23NS/c1-4-10-18(11-5-1)20(22-19-12-6-2-7-13-19)14-17-21-15-8-3-9-16-21/h1-2,4-7,10-14H,3,8-9,15-17H2/b20-14-. The molecule has 2 aromatic rings. The van der Waals surface area contributed by atoms with E-state index in [1.807, 2.05) is 11.8 Å². The molecule has 1 aliphatic heterocycles. The predicted molar refractivity (Wildman–Crippen MR) is 97.0 cm³/mol. The summed E-state index contributed by atoms with van der Waals surface area (Å²) in [6, 6.07) is 21.4. The molecule has 0 atom stereocenters. The highest BCUT2D eigenvalue weighted by atomic mass is 32.2. The fraction of sp³-hybridized carbons (Fsp3) is 0.300. The minimum Gasteiger partial charge on any atom is -0.300 e. The van der Waals surface area contributed by atoms with Crippen LogP contribution in [0, 0.1) is 0 Å². The fourth-order valence-corrected chi connectivity index (χ4v) is 3.75. The van der Waals surface area contributed by atoms with Crippen LogP contribution >= 0.6 is 11.8 Å². The number of nitrogens with zero attached hydrogens (tertiary/aromatic N) is 1. The normalized spacial score (nSPS) is 16.6. The molecule has 0 N–H and O–H groups in total. The largest absolute Gasteiger partial charge is 0.300 e. The van der Waals surface area contributed by atoms with Gasteiger partial charge in [-0.25, -0.2) is 0 Å². The molecule has 0 bridgehead atoms. The van der Waals surface area contributed by atoms with E-state index < -0.39 is 0 Å². The number of piperidine rings is 1. The van der Waals surface area contributed by atoms with Crippen molar-refractivity contribution in [3.05, 3.63) is 72.3 Å². The molecule has 1 saturated heterocycles. The summed E-state index contributed by atoms with van der Waals surface area (Å²) in [5, 5.41) is 0. The summed E-state index contributed by atoms with van der Waals surface area (Å²) in [6.45, 7) is 3.55. The van der Waals surface area contributed by atoms with Crippen LogP contribution in [0.2, 0.25) is 0 Å². The number of likely N-dealkylation sites (tertiary alicyclic amines) is 1. The Morgan fingerprint density at radius 1 is 0.864 bits per heavy atom. The summed E-state index contributed by atoms with van der Waals surface area (Å²) in [4.78, 5) is 5.23. The fourth-order valence-electron chi connectivity index (χ4n) is 2.79. The molecule has 1 heterocycles. The van der Waals surface area contributed by atoms with Crippen molar-refractivity contribution in [2.45, 2.75) is 24.2 Å². The van der Waals surface area contributed by atoms with Gasteiger partial charge in [0.2, 0.25) is 0 Å². The van der Waals surface area contributed by atoms with Gasteiger partial charge < -0.3 is 0 Å². The molecule has 3 rings (SSSR count). The second-order valence-corrected chi connectivity index (χ2v) is 6.83. The third kappa shape index (κ3) is 4.49. The maximum absolute atomic E-state index is 2.57. The summed E-state index contributed by atoms with van der Waals surface area (Å²) in [5.41, 5.74) is 1.31. The zero-order valence-corrected chi connectivity index (χ0v) is 13.8. The van der Waals surface area contributed by atoms with E-state index in [4.69, 9.17) is 0 Å². The van der Waals surface area contributed by atoms with Gasteiger partial charge >= 0.3 is 0 Å². The highest BCUT2D eigenvalue weighted by Gasteiger charge is 2.10. The second-order valence-electron chi connectivity index (χ2n) is 5.71. The summed E-state index contributed by atoms with van der Waals surface area (Å²) in [6.07, 6.45) is 6.49. The van der Waals surface area contributed by atoms with Crippen LogP contribution in [0.5, 0.6) is 0 Å². The van der Waals surface area contributed by atoms with Crippen molar-refractivity contribution in [3.63, 3.8) is 0 Å². The van der Waals surface area contributed by atoms with Gasteiger partial charge in [0.25, 0.3) is 0 Å². The molecular weight excluding hydrogens is 286 g/mol. The Balaban J connectivity index is 1.76. The molecule has 0 aliphatic carbocycles. The number of hydrogen-bond acceptors (Lipinski definition) is 2. The Morgan fingerprint density at radius 3 is 2.18 bits per heavy atom. The average Bonchev–Trinajstić information content (AvgIpc) is 2.61. The van der Waals surface area contributed by atoms with E-state index in [-0.39, 0.29) is 0 Å². The lowest BCUT2D eigenvalue weighted by Crippen LogP contribution is -2.29. The van der Waals surface area contributed by atoms with Gasteiger partial charge in [0, 0.05) is 16.3 Å². The average molecular weight is 309 g/mol.